The first-order valence-electron chi connectivity index (χ1n) is 5.43. The van der Waals surface area contributed by atoms with Crippen LogP contribution in [0, 0.1) is 6.92 Å². The van der Waals surface area contributed by atoms with Gasteiger partial charge in [-0.05, 0) is 25.0 Å². The topological polar surface area (TPSA) is 50.7 Å². The molecule has 0 aromatic heterocycles. The van der Waals surface area contributed by atoms with E-state index >= 15 is 0 Å². The lowest BCUT2D eigenvalue weighted by molar-refractivity contribution is -0.0915. The maximum absolute atomic E-state index is 9.77. The summed E-state index contributed by atoms with van der Waals surface area (Å²) in [6, 6.07) is 1.91. The number of aliphatic hydroxyl groups is 1. The third kappa shape index (κ3) is 1.64. The molecule has 1 aliphatic heterocycles. The maximum atomic E-state index is 9.77. The van der Waals surface area contributed by atoms with Crippen molar-refractivity contribution in [2.45, 2.75) is 26.7 Å². The first-order chi connectivity index (χ1) is 7.69. The number of hydrogen-bond acceptors (Lipinski definition) is 4. The fraction of sp³-hybridized carbons (Fsp3) is 0.500. The highest BCUT2D eigenvalue weighted by Gasteiger charge is 2.27. The normalized spacial score (nSPS) is 18.4. The van der Waals surface area contributed by atoms with Crippen LogP contribution in [-0.4, -0.2) is 18.8 Å². The molecular weight excluding hydrogens is 206 g/mol. The molecule has 0 amide bonds. The van der Waals surface area contributed by atoms with Crippen LogP contribution in [0.5, 0.6) is 5.75 Å². The molecule has 0 fully saturated rings. The lowest BCUT2D eigenvalue weighted by atomic mass is 10.0. The Bertz CT molecular complexity index is 404. The second-order valence-electron chi connectivity index (χ2n) is 3.84. The molecule has 4 heteroatoms. The average molecular weight is 223 g/mol. The summed E-state index contributed by atoms with van der Waals surface area (Å²) in [5.41, 5.74) is 3.81. The van der Waals surface area contributed by atoms with Crippen molar-refractivity contribution in [2.75, 3.05) is 19.0 Å². The molecule has 0 aliphatic carbocycles. The number of fused-ring (bicyclic) bond motifs is 1. The van der Waals surface area contributed by atoms with Gasteiger partial charge in [0.25, 0.3) is 0 Å². The maximum Gasteiger partial charge on any atom is 0.183 e. The van der Waals surface area contributed by atoms with E-state index in [1.807, 2.05) is 19.9 Å². The van der Waals surface area contributed by atoms with E-state index in [1.54, 1.807) is 7.11 Å². The molecule has 1 heterocycles. The van der Waals surface area contributed by atoms with E-state index in [0.29, 0.717) is 6.61 Å². The second kappa shape index (κ2) is 4.31. The molecule has 0 bridgehead atoms. The van der Waals surface area contributed by atoms with E-state index in [1.165, 1.54) is 0 Å². The number of benzene rings is 1. The van der Waals surface area contributed by atoms with Gasteiger partial charge in [0.2, 0.25) is 0 Å². The Morgan fingerprint density at radius 3 is 3.00 bits per heavy atom. The number of methoxy groups -OCH3 is 1. The van der Waals surface area contributed by atoms with Gasteiger partial charge >= 0.3 is 0 Å². The summed E-state index contributed by atoms with van der Waals surface area (Å²) in [5, 5.41) is 13.0. The predicted molar refractivity (Wildman–Crippen MR) is 61.6 cm³/mol. The fourth-order valence-electron chi connectivity index (χ4n) is 2.09. The van der Waals surface area contributed by atoms with Crippen molar-refractivity contribution in [2.24, 2.45) is 0 Å². The monoisotopic (exact) mass is 223 g/mol. The van der Waals surface area contributed by atoms with Gasteiger partial charge < -0.3 is 19.9 Å². The Balaban J connectivity index is 2.57. The van der Waals surface area contributed by atoms with Gasteiger partial charge in [0.15, 0.2) is 6.29 Å². The highest BCUT2D eigenvalue weighted by molar-refractivity contribution is 5.63. The number of ether oxygens (including phenoxy) is 2. The number of nitrogens with one attached hydrogen (secondary N) is 1. The van der Waals surface area contributed by atoms with Gasteiger partial charge in [0.1, 0.15) is 5.75 Å². The van der Waals surface area contributed by atoms with Crippen LogP contribution in [0.3, 0.4) is 0 Å². The molecule has 1 aromatic rings. The molecule has 1 unspecified atom stereocenters. The highest BCUT2D eigenvalue weighted by Crippen LogP contribution is 2.40. The molecule has 0 saturated carbocycles. The predicted octanol–water partition coefficient (Wildman–Crippen LogP) is 1.96. The number of aliphatic hydroxyl groups excluding tert-OH is 1. The van der Waals surface area contributed by atoms with Crippen molar-refractivity contribution in [3.05, 3.63) is 22.8 Å². The smallest absolute Gasteiger partial charge is 0.183 e. The number of rotatable bonds is 3. The highest BCUT2D eigenvalue weighted by atomic mass is 16.6. The summed E-state index contributed by atoms with van der Waals surface area (Å²) in [7, 11) is 1.65. The van der Waals surface area contributed by atoms with Gasteiger partial charge in [0.05, 0.1) is 13.7 Å². The minimum atomic E-state index is -0.825. The van der Waals surface area contributed by atoms with Gasteiger partial charge in [-0.15, -0.1) is 0 Å². The lowest BCUT2D eigenvalue weighted by Crippen LogP contribution is -2.05. The third-order valence-corrected chi connectivity index (χ3v) is 2.93. The van der Waals surface area contributed by atoms with Crippen LogP contribution in [0.2, 0.25) is 0 Å². The van der Waals surface area contributed by atoms with Gasteiger partial charge in [-0.2, -0.15) is 0 Å². The summed E-state index contributed by atoms with van der Waals surface area (Å²) in [6.07, 6.45) is -0.825. The van der Waals surface area contributed by atoms with E-state index in [0.717, 1.165) is 34.7 Å². The Labute approximate surface area is 95.2 Å². The molecule has 1 aliphatic rings. The largest absolute Gasteiger partial charge is 0.496 e. The zero-order valence-electron chi connectivity index (χ0n) is 9.83. The van der Waals surface area contributed by atoms with Crippen LogP contribution < -0.4 is 10.1 Å². The molecule has 2 rings (SSSR count). The van der Waals surface area contributed by atoms with Crippen LogP contribution in [0.25, 0.3) is 0 Å². The Morgan fingerprint density at radius 1 is 1.62 bits per heavy atom. The van der Waals surface area contributed by atoms with Crippen molar-refractivity contribution < 1.29 is 14.6 Å². The van der Waals surface area contributed by atoms with Crippen LogP contribution in [0.15, 0.2) is 6.07 Å². The van der Waals surface area contributed by atoms with E-state index in [4.69, 9.17) is 9.47 Å². The zero-order valence-corrected chi connectivity index (χ0v) is 9.83. The first kappa shape index (κ1) is 11.2. The minimum Gasteiger partial charge on any atom is -0.496 e. The standard InChI is InChI=1S/C12H17NO3/c1-4-13-9-5-10(15-3)7(2)8-6-16-12(14)11(8)9/h5,12-14H,4,6H2,1-3H3. The van der Waals surface area contributed by atoms with Crippen LogP contribution in [0.1, 0.15) is 29.9 Å². The van der Waals surface area contributed by atoms with Crippen LogP contribution in [-0.2, 0) is 11.3 Å². The van der Waals surface area contributed by atoms with Gasteiger partial charge in [-0.25, -0.2) is 0 Å². The van der Waals surface area contributed by atoms with Crippen molar-refractivity contribution in [1.82, 2.24) is 0 Å². The molecule has 4 nitrogen and oxygen atoms in total. The van der Waals surface area contributed by atoms with Gasteiger partial charge in [-0.1, -0.05) is 0 Å². The van der Waals surface area contributed by atoms with E-state index < -0.39 is 6.29 Å². The van der Waals surface area contributed by atoms with E-state index in [9.17, 15) is 5.11 Å². The average Bonchev–Trinajstić information content (AvgIpc) is 2.66. The number of anilines is 1. The molecule has 1 atom stereocenters. The van der Waals surface area contributed by atoms with Crippen LogP contribution >= 0.6 is 0 Å². The molecule has 16 heavy (non-hydrogen) atoms. The third-order valence-electron chi connectivity index (χ3n) is 2.93. The fourth-order valence-corrected chi connectivity index (χ4v) is 2.09. The van der Waals surface area contributed by atoms with E-state index in [-0.39, 0.29) is 0 Å². The van der Waals surface area contributed by atoms with Crippen molar-refractivity contribution in [1.29, 1.82) is 0 Å². The molecule has 0 radical (unpaired) electrons. The van der Waals surface area contributed by atoms with Gasteiger partial charge in [-0.3, -0.25) is 0 Å². The summed E-state index contributed by atoms with van der Waals surface area (Å²) in [4.78, 5) is 0. The molecule has 88 valence electrons. The minimum absolute atomic E-state index is 0.442. The zero-order chi connectivity index (χ0) is 11.7. The number of hydrogen-bond donors (Lipinski definition) is 2. The molecule has 2 N–H and O–H groups in total. The van der Waals surface area contributed by atoms with Crippen molar-refractivity contribution >= 4 is 5.69 Å². The van der Waals surface area contributed by atoms with Crippen molar-refractivity contribution in [3.63, 3.8) is 0 Å². The molecule has 0 saturated heterocycles. The quantitative estimate of drug-likeness (QED) is 0.822. The summed E-state index contributed by atoms with van der Waals surface area (Å²) in [6.45, 7) is 5.24. The molecular formula is C12H17NO3. The molecule has 0 spiro atoms. The Kier molecular flexibility index (Phi) is 3.03. The Hall–Kier alpha value is -1.26. The van der Waals surface area contributed by atoms with Gasteiger partial charge in [0, 0.05) is 23.9 Å². The SMILES string of the molecule is CCNc1cc(OC)c(C)c2c1C(O)OC2. The van der Waals surface area contributed by atoms with Crippen LogP contribution in [0.4, 0.5) is 5.69 Å². The molecule has 1 aromatic carbocycles. The summed E-state index contributed by atoms with van der Waals surface area (Å²) < 4.78 is 10.6. The van der Waals surface area contributed by atoms with E-state index in [2.05, 4.69) is 5.32 Å². The van der Waals surface area contributed by atoms with Crippen molar-refractivity contribution in [3.8, 4) is 5.75 Å². The summed E-state index contributed by atoms with van der Waals surface area (Å²) >= 11 is 0. The lowest BCUT2D eigenvalue weighted by Gasteiger charge is -2.15. The second-order valence-corrected chi connectivity index (χ2v) is 3.84. The summed E-state index contributed by atoms with van der Waals surface area (Å²) in [5.74, 6) is 0.826. The first-order valence-corrected chi connectivity index (χ1v) is 5.43. The Morgan fingerprint density at radius 2 is 2.38 bits per heavy atom.